The number of alkyl halides is 1. The summed E-state index contributed by atoms with van der Waals surface area (Å²) in [4.78, 5) is 45.1. The highest BCUT2D eigenvalue weighted by Crippen LogP contribution is 2.31. The molecule has 0 spiro atoms. The number of aryl methyl sites for hydroxylation is 3. The number of hydrogen-bond acceptors (Lipinski definition) is 12. The van der Waals surface area contributed by atoms with Crippen LogP contribution < -0.4 is 30.0 Å². The molecule has 2 aromatic carbocycles. The van der Waals surface area contributed by atoms with E-state index in [0.717, 1.165) is 69.1 Å². The number of morpholine rings is 1. The summed E-state index contributed by atoms with van der Waals surface area (Å²) in [5.74, 6) is 0.663. The number of pyridine rings is 4. The highest BCUT2D eigenvalue weighted by atomic mass is 19.1. The molecule has 20 heteroatoms. The van der Waals surface area contributed by atoms with Gasteiger partial charge in [0.25, 0.3) is 17.5 Å². The molecule has 10 aromatic rings. The number of imidazole rings is 2. The number of likely N-dealkylation sites (tertiary alicyclic amines) is 1. The average molecular weight is 1070 g/mol. The summed E-state index contributed by atoms with van der Waals surface area (Å²) in [6.45, 7) is 12.0. The molecule has 2 atom stereocenters. The number of fused-ring (bicyclic) bond motifs is 4. The zero-order valence-corrected chi connectivity index (χ0v) is 44.4. The number of hydrogen-bond donors (Lipinski definition) is 3. The second-order valence-corrected chi connectivity index (χ2v) is 20.1. The van der Waals surface area contributed by atoms with Gasteiger partial charge in [-0.15, -0.1) is 0 Å². The lowest BCUT2D eigenvalue weighted by Crippen LogP contribution is -2.41. The molecule has 2 aliphatic rings. The number of ether oxygens (including phenoxy) is 3. The molecule has 2 aliphatic heterocycles. The van der Waals surface area contributed by atoms with E-state index in [1.165, 1.54) is 0 Å². The fraction of sp³-hybridized carbons (Fsp3) is 0.322. The van der Waals surface area contributed by atoms with Crippen LogP contribution >= 0.6 is 0 Å². The molecular weight excluding hydrogens is 1000 g/mol. The van der Waals surface area contributed by atoms with E-state index in [2.05, 4.69) is 32.8 Å². The largest absolute Gasteiger partial charge is 0.492 e. The Morgan fingerprint density at radius 2 is 1.44 bits per heavy atom. The Bertz CT molecular complexity index is 3880. The van der Waals surface area contributed by atoms with E-state index in [1.54, 1.807) is 16.8 Å². The van der Waals surface area contributed by atoms with Gasteiger partial charge in [0.05, 0.1) is 82.8 Å². The van der Waals surface area contributed by atoms with Crippen molar-refractivity contribution in [1.82, 2.24) is 53.5 Å². The first-order valence-electron chi connectivity index (χ1n) is 27.1. The third kappa shape index (κ3) is 10.9. The molecule has 3 N–H and O–H groups in total. The molecular formula is C59H62FN14O5+. The van der Waals surface area contributed by atoms with Crippen molar-refractivity contribution < 1.29 is 32.8 Å². The fourth-order valence-corrected chi connectivity index (χ4v) is 10.8. The molecule has 0 bridgehead atoms. The van der Waals surface area contributed by atoms with Crippen LogP contribution in [0, 0.1) is 6.92 Å². The van der Waals surface area contributed by atoms with Crippen LogP contribution in [0.3, 0.4) is 0 Å². The SMILES string of the molecule is CCc1nn(Cc2cccc(C[n+]3cc(C(=O)Nc4cccc5c4c(CC)nn5Cc4cccc(C)n4)n4ccc(OCCN5CCC(F)C5)cc43)n2)c2cccc(NC(=O)c3cnc4cc(OCC5CNCCO5)ccn34)c12. The van der Waals surface area contributed by atoms with Crippen molar-refractivity contribution in [2.75, 3.05) is 63.2 Å². The molecule has 8 aromatic heterocycles. The van der Waals surface area contributed by atoms with Crippen LogP contribution in [-0.2, 0) is 37.2 Å². The maximum absolute atomic E-state index is 14.7. The van der Waals surface area contributed by atoms with Gasteiger partial charge in [-0.25, -0.2) is 13.9 Å². The van der Waals surface area contributed by atoms with Gasteiger partial charge < -0.3 is 30.2 Å². The smallest absolute Gasteiger partial charge is 0.299 e. The lowest BCUT2D eigenvalue weighted by Gasteiger charge is -2.23. The first-order chi connectivity index (χ1) is 38.6. The maximum Gasteiger partial charge on any atom is 0.299 e. The summed E-state index contributed by atoms with van der Waals surface area (Å²) in [5.41, 5.74) is 10.2. The van der Waals surface area contributed by atoms with E-state index >= 15 is 0 Å². The van der Waals surface area contributed by atoms with E-state index in [4.69, 9.17) is 34.4 Å². The molecule has 404 valence electrons. The van der Waals surface area contributed by atoms with Crippen molar-refractivity contribution in [2.45, 2.75) is 71.9 Å². The second kappa shape index (κ2) is 22.4. The summed E-state index contributed by atoms with van der Waals surface area (Å²) in [6.07, 6.45) is 8.05. The first-order valence-corrected chi connectivity index (χ1v) is 27.1. The van der Waals surface area contributed by atoms with Gasteiger partial charge in [-0.2, -0.15) is 14.6 Å². The number of carbonyl (C=O) groups excluding carboxylic acids is 2. The van der Waals surface area contributed by atoms with Crippen LogP contribution in [0.2, 0.25) is 0 Å². The predicted molar refractivity (Wildman–Crippen MR) is 297 cm³/mol. The van der Waals surface area contributed by atoms with Gasteiger partial charge in [0, 0.05) is 67.5 Å². The van der Waals surface area contributed by atoms with Crippen LogP contribution in [0.25, 0.3) is 33.1 Å². The summed E-state index contributed by atoms with van der Waals surface area (Å²) in [6, 6.07) is 31.0. The summed E-state index contributed by atoms with van der Waals surface area (Å²) in [7, 11) is 0. The van der Waals surface area contributed by atoms with Gasteiger partial charge in [-0.3, -0.25) is 38.2 Å². The number of nitrogens with one attached hydrogen (secondary N) is 3. The predicted octanol–water partition coefficient (Wildman–Crippen LogP) is 7.24. The van der Waals surface area contributed by atoms with Crippen molar-refractivity contribution in [3.63, 3.8) is 0 Å². The summed E-state index contributed by atoms with van der Waals surface area (Å²) < 4.78 is 41.5. The number of aromatic nitrogens is 10. The van der Waals surface area contributed by atoms with Gasteiger partial charge in [-0.1, -0.05) is 38.1 Å². The van der Waals surface area contributed by atoms with E-state index in [9.17, 15) is 14.0 Å². The molecule has 2 saturated heterocycles. The van der Waals surface area contributed by atoms with Crippen LogP contribution in [0.1, 0.15) is 75.4 Å². The van der Waals surface area contributed by atoms with E-state index < -0.39 is 6.17 Å². The first kappa shape index (κ1) is 51.2. The molecule has 0 aliphatic carbocycles. The van der Waals surface area contributed by atoms with Gasteiger partial charge in [0.2, 0.25) is 5.69 Å². The molecule has 10 heterocycles. The van der Waals surface area contributed by atoms with Gasteiger partial charge >= 0.3 is 0 Å². The maximum atomic E-state index is 14.7. The summed E-state index contributed by atoms with van der Waals surface area (Å²) in [5, 5.41) is 21.5. The van der Waals surface area contributed by atoms with Crippen molar-refractivity contribution in [2.24, 2.45) is 0 Å². The zero-order valence-electron chi connectivity index (χ0n) is 44.4. The quantitative estimate of drug-likeness (QED) is 0.0691. The summed E-state index contributed by atoms with van der Waals surface area (Å²) >= 11 is 0. The standard InChI is InChI=1S/C59H61FN14O5/c1-4-46-56-48(65-58(75)52-31-62-54-28-43(19-23-71(52)54)79-37-45-30-61-21-26-77-45)14-8-17-51(56)74(68-46)35-42-13-7-12-40(64-42)33-70-36-53(72-24-20-44(29-55(70)72)78-27-25-69-22-18-39(60)32-69)59(76)66-49-15-9-16-50-57(49)47(5-2)67-73(50)34-41-11-6-10-38(3)63-41/h6-17,19-20,23-24,28-29,31,36,39,45,61H,4-5,18,21-22,25-27,30,32-35,37H2,1-3H3,(H-,65,66,67,68,75,76)/p+1. The number of rotatable bonds is 19. The topological polar surface area (TPSA) is 188 Å². The number of benzene rings is 2. The van der Waals surface area contributed by atoms with Gasteiger partial charge in [0.15, 0.2) is 0 Å². The minimum absolute atomic E-state index is 0.0308. The molecule has 79 heavy (non-hydrogen) atoms. The molecule has 0 saturated carbocycles. The number of nitrogens with zero attached hydrogens (tertiary/aromatic N) is 11. The van der Waals surface area contributed by atoms with Crippen LogP contribution in [0.5, 0.6) is 11.5 Å². The molecule has 19 nitrogen and oxygen atoms in total. The molecule has 2 unspecified atom stereocenters. The Labute approximate surface area is 455 Å². The molecule has 2 amide bonds. The minimum Gasteiger partial charge on any atom is -0.492 e. The number of amides is 2. The van der Waals surface area contributed by atoms with E-state index in [1.807, 2.05) is 142 Å². The Kier molecular flexibility index (Phi) is 14.5. The zero-order chi connectivity index (χ0) is 54.0. The fourth-order valence-electron chi connectivity index (χ4n) is 10.8. The Morgan fingerprint density at radius 3 is 2.11 bits per heavy atom. The molecule has 0 radical (unpaired) electrons. The average Bonchev–Trinajstić information content (AvgIpc) is 4.51. The molecule has 12 rings (SSSR count). The Balaban J connectivity index is 0.796. The third-order valence-electron chi connectivity index (χ3n) is 14.7. The van der Waals surface area contributed by atoms with Crippen LogP contribution in [0.15, 0.2) is 122 Å². The Hall–Kier alpha value is -8.59. The second-order valence-electron chi connectivity index (χ2n) is 20.1. The normalized spacial score (nSPS) is 15.9. The van der Waals surface area contributed by atoms with Crippen LogP contribution in [0.4, 0.5) is 15.8 Å². The number of halogens is 1. The minimum atomic E-state index is -0.807. The molecule has 2 fully saturated rings. The van der Waals surface area contributed by atoms with Gasteiger partial charge in [-0.05, 0) is 80.8 Å². The van der Waals surface area contributed by atoms with Crippen LogP contribution in [-0.4, -0.2) is 125 Å². The highest BCUT2D eigenvalue weighted by Gasteiger charge is 2.27. The Morgan fingerprint density at radius 1 is 0.785 bits per heavy atom. The van der Waals surface area contributed by atoms with Crippen molar-refractivity contribution in [1.29, 1.82) is 0 Å². The monoisotopic (exact) mass is 1070 g/mol. The lowest BCUT2D eigenvalue weighted by atomic mass is 10.1. The van der Waals surface area contributed by atoms with Crippen molar-refractivity contribution >= 4 is 56.3 Å². The van der Waals surface area contributed by atoms with Gasteiger partial charge in [0.1, 0.15) is 67.3 Å². The van der Waals surface area contributed by atoms with Crippen molar-refractivity contribution in [3.05, 3.63) is 167 Å². The van der Waals surface area contributed by atoms with E-state index in [0.29, 0.717) is 124 Å². The van der Waals surface area contributed by atoms with Crippen molar-refractivity contribution in [3.8, 4) is 11.5 Å². The van der Waals surface area contributed by atoms with E-state index in [-0.39, 0.29) is 17.9 Å². The number of anilines is 2. The third-order valence-corrected chi connectivity index (χ3v) is 14.7. The lowest BCUT2D eigenvalue weighted by molar-refractivity contribution is -0.662. The highest BCUT2D eigenvalue weighted by molar-refractivity contribution is 6.10. The number of carbonyl (C=O) groups is 2.